The summed E-state index contributed by atoms with van der Waals surface area (Å²) in [5.41, 5.74) is 2.68. The van der Waals surface area contributed by atoms with Crippen molar-refractivity contribution in [2.24, 2.45) is 12.0 Å². The quantitative estimate of drug-likeness (QED) is 0.669. The van der Waals surface area contributed by atoms with Crippen LogP contribution in [0.15, 0.2) is 47.5 Å². The average Bonchev–Trinajstić information content (AvgIpc) is 2.75. The Morgan fingerprint density at radius 2 is 2.00 bits per heavy atom. The molecule has 0 bridgehead atoms. The van der Waals surface area contributed by atoms with E-state index in [4.69, 9.17) is 11.6 Å². The van der Waals surface area contributed by atoms with Gasteiger partial charge in [0, 0.05) is 7.05 Å². The van der Waals surface area contributed by atoms with Gasteiger partial charge >= 0.3 is 0 Å². The molecule has 0 fully saturated rings. The van der Waals surface area contributed by atoms with E-state index in [1.165, 1.54) is 16.9 Å². The standard InChI is InChI=1S/C16H13ClN2OS/c1-10-7-8-13-14(9-10)21-16(19(13)2)18-15(20)11-5-3-4-6-12(11)17/h3-9H,1-2H3. The minimum Gasteiger partial charge on any atom is -0.319 e. The normalized spacial score (nSPS) is 12.0. The number of carbonyl (C=O) groups excluding carboxylic acids is 1. The van der Waals surface area contributed by atoms with E-state index in [2.05, 4.69) is 17.1 Å². The summed E-state index contributed by atoms with van der Waals surface area (Å²) in [4.78, 5) is 17.2. The number of rotatable bonds is 1. The molecule has 0 aliphatic carbocycles. The number of aryl methyl sites for hydroxylation is 2. The number of hydrogen-bond donors (Lipinski definition) is 0. The fraction of sp³-hybridized carbons (Fsp3) is 0.125. The van der Waals surface area contributed by atoms with Crippen LogP contribution in [0.1, 0.15) is 15.9 Å². The summed E-state index contributed by atoms with van der Waals surface area (Å²) >= 11 is 7.54. The van der Waals surface area contributed by atoms with Gasteiger partial charge < -0.3 is 4.57 Å². The highest BCUT2D eigenvalue weighted by molar-refractivity contribution is 7.16. The molecule has 106 valence electrons. The SMILES string of the molecule is Cc1ccc2c(c1)sc(=NC(=O)c1ccccc1Cl)n2C. The lowest BCUT2D eigenvalue weighted by Crippen LogP contribution is -2.13. The molecule has 0 atom stereocenters. The van der Waals surface area contributed by atoms with Crippen molar-refractivity contribution in [1.29, 1.82) is 0 Å². The molecule has 0 aliphatic rings. The first kappa shape index (κ1) is 14.0. The Hall–Kier alpha value is -1.91. The first-order chi connectivity index (χ1) is 10.1. The second-order valence-corrected chi connectivity index (χ2v) is 6.23. The second kappa shape index (κ2) is 5.47. The Kier molecular flexibility index (Phi) is 3.66. The summed E-state index contributed by atoms with van der Waals surface area (Å²) in [5, 5.41) is 0.422. The first-order valence-corrected chi connectivity index (χ1v) is 7.65. The van der Waals surface area contributed by atoms with E-state index < -0.39 is 0 Å². The third-order valence-electron chi connectivity index (χ3n) is 3.27. The number of amides is 1. The highest BCUT2D eigenvalue weighted by Crippen LogP contribution is 2.19. The van der Waals surface area contributed by atoms with Crippen LogP contribution in [0.5, 0.6) is 0 Å². The Morgan fingerprint density at radius 1 is 1.24 bits per heavy atom. The molecule has 0 aliphatic heterocycles. The van der Waals surface area contributed by atoms with Crippen molar-refractivity contribution in [3.05, 3.63) is 63.4 Å². The molecular formula is C16H13ClN2OS. The van der Waals surface area contributed by atoms with Crippen LogP contribution in [0.3, 0.4) is 0 Å². The summed E-state index contributed by atoms with van der Waals surface area (Å²) in [5.74, 6) is -0.320. The number of halogens is 1. The van der Waals surface area contributed by atoms with Crippen LogP contribution in [-0.4, -0.2) is 10.5 Å². The average molecular weight is 317 g/mol. The Bertz CT molecular complexity index is 908. The fourth-order valence-electron chi connectivity index (χ4n) is 2.13. The van der Waals surface area contributed by atoms with Crippen LogP contribution in [0.25, 0.3) is 10.2 Å². The number of fused-ring (bicyclic) bond motifs is 1. The predicted molar refractivity (Wildman–Crippen MR) is 86.9 cm³/mol. The van der Waals surface area contributed by atoms with Crippen LogP contribution in [0.2, 0.25) is 5.02 Å². The van der Waals surface area contributed by atoms with Crippen LogP contribution in [-0.2, 0) is 7.05 Å². The van der Waals surface area contributed by atoms with E-state index in [0.29, 0.717) is 15.4 Å². The van der Waals surface area contributed by atoms with Crippen LogP contribution < -0.4 is 4.80 Å². The molecule has 0 N–H and O–H groups in total. The lowest BCUT2D eigenvalue weighted by Gasteiger charge is -1.98. The number of benzene rings is 2. The molecule has 0 spiro atoms. The predicted octanol–water partition coefficient (Wildman–Crippen LogP) is 3.94. The fourth-order valence-corrected chi connectivity index (χ4v) is 3.46. The lowest BCUT2D eigenvalue weighted by molar-refractivity contribution is 0.0998. The van der Waals surface area contributed by atoms with E-state index in [0.717, 1.165) is 10.2 Å². The monoisotopic (exact) mass is 316 g/mol. The van der Waals surface area contributed by atoms with Crippen LogP contribution in [0, 0.1) is 6.92 Å². The highest BCUT2D eigenvalue weighted by atomic mass is 35.5. The molecule has 0 saturated heterocycles. The van der Waals surface area contributed by atoms with Crippen molar-refractivity contribution in [3.8, 4) is 0 Å². The molecule has 3 nitrogen and oxygen atoms in total. The van der Waals surface area contributed by atoms with Gasteiger partial charge in [0.05, 0.1) is 20.8 Å². The minimum atomic E-state index is -0.320. The summed E-state index contributed by atoms with van der Waals surface area (Å²) in [7, 11) is 1.91. The third-order valence-corrected chi connectivity index (χ3v) is 4.69. The van der Waals surface area contributed by atoms with E-state index in [1.54, 1.807) is 24.3 Å². The van der Waals surface area contributed by atoms with E-state index in [1.807, 2.05) is 24.6 Å². The summed E-state index contributed by atoms with van der Waals surface area (Å²) in [6.45, 7) is 2.05. The Balaban J connectivity index is 2.14. The molecule has 1 amide bonds. The topological polar surface area (TPSA) is 34.4 Å². The van der Waals surface area contributed by atoms with Gasteiger partial charge in [0.2, 0.25) is 0 Å². The maximum Gasteiger partial charge on any atom is 0.281 e. The Labute approximate surface area is 131 Å². The molecule has 3 rings (SSSR count). The molecule has 1 heterocycles. The van der Waals surface area contributed by atoms with Gasteiger partial charge in [-0.1, -0.05) is 41.1 Å². The van der Waals surface area contributed by atoms with Gasteiger partial charge in [-0.05, 0) is 36.8 Å². The van der Waals surface area contributed by atoms with Gasteiger partial charge in [-0.3, -0.25) is 4.79 Å². The highest BCUT2D eigenvalue weighted by Gasteiger charge is 2.10. The van der Waals surface area contributed by atoms with Crippen LogP contribution >= 0.6 is 22.9 Å². The zero-order chi connectivity index (χ0) is 15.0. The molecule has 0 saturated carbocycles. The maximum absolute atomic E-state index is 12.3. The zero-order valence-corrected chi connectivity index (χ0v) is 13.2. The van der Waals surface area contributed by atoms with Crippen LogP contribution in [0.4, 0.5) is 0 Å². The first-order valence-electron chi connectivity index (χ1n) is 6.46. The van der Waals surface area contributed by atoms with Gasteiger partial charge in [0.15, 0.2) is 4.80 Å². The van der Waals surface area contributed by atoms with Crippen molar-refractivity contribution >= 4 is 39.1 Å². The molecule has 1 aromatic heterocycles. The van der Waals surface area contributed by atoms with Gasteiger partial charge in [-0.2, -0.15) is 4.99 Å². The smallest absolute Gasteiger partial charge is 0.281 e. The number of hydrogen-bond acceptors (Lipinski definition) is 2. The molecule has 21 heavy (non-hydrogen) atoms. The summed E-state index contributed by atoms with van der Waals surface area (Å²) < 4.78 is 3.04. The van der Waals surface area contributed by atoms with Crippen molar-refractivity contribution in [2.45, 2.75) is 6.92 Å². The molecule has 3 aromatic rings. The molecular weight excluding hydrogens is 304 g/mol. The van der Waals surface area contributed by atoms with Gasteiger partial charge in [0.1, 0.15) is 0 Å². The van der Waals surface area contributed by atoms with E-state index in [9.17, 15) is 4.79 Å². The molecule has 0 radical (unpaired) electrons. The van der Waals surface area contributed by atoms with E-state index in [-0.39, 0.29) is 5.91 Å². The summed E-state index contributed by atoms with van der Waals surface area (Å²) in [6, 6.07) is 13.1. The summed E-state index contributed by atoms with van der Waals surface area (Å²) in [6.07, 6.45) is 0. The maximum atomic E-state index is 12.3. The van der Waals surface area contributed by atoms with Crippen molar-refractivity contribution < 1.29 is 4.79 Å². The molecule has 2 aromatic carbocycles. The lowest BCUT2D eigenvalue weighted by atomic mass is 10.2. The molecule has 0 unspecified atom stereocenters. The van der Waals surface area contributed by atoms with E-state index >= 15 is 0 Å². The van der Waals surface area contributed by atoms with Crippen molar-refractivity contribution in [3.63, 3.8) is 0 Å². The zero-order valence-electron chi connectivity index (χ0n) is 11.6. The van der Waals surface area contributed by atoms with Crippen molar-refractivity contribution in [2.75, 3.05) is 0 Å². The number of thiazole rings is 1. The largest absolute Gasteiger partial charge is 0.319 e. The van der Waals surface area contributed by atoms with Crippen molar-refractivity contribution in [1.82, 2.24) is 4.57 Å². The second-order valence-electron chi connectivity index (χ2n) is 4.81. The number of carbonyl (C=O) groups is 1. The van der Waals surface area contributed by atoms with Gasteiger partial charge in [-0.15, -0.1) is 0 Å². The Morgan fingerprint density at radius 3 is 2.76 bits per heavy atom. The number of nitrogens with zero attached hydrogens (tertiary/aromatic N) is 2. The number of aromatic nitrogens is 1. The third kappa shape index (κ3) is 2.64. The van der Waals surface area contributed by atoms with Gasteiger partial charge in [0.25, 0.3) is 5.91 Å². The minimum absolute atomic E-state index is 0.320. The molecule has 5 heteroatoms. The van der Waals surface area contributed by atoms with Gasteiger partial charge in [-0.25, -0.2) is 0 Å².